The van der Waals surface area contributed by atoms with Gasteiger partial charge in [-0.15, -0.1) is 0 Å². The molecule has 0 bridgehead atoms. The van der Waals surface area contributed by atoms with Crippen LogP contribution in [-0.4, -0.2) is 19.0 Å². The Morgan fingerprint density at radius 1 is 1.50 bits per heavy atom. The molecule has 0 aromatic heterocycles. The molecular weight excluding hydrogens is 228 g/mol. The third-order valence-electron chi connectivity index (χ3n) is 2.63. The van der Waals surface area contributed by atoms with Crippen LogP contribution in [0.15, 0.2) is 18.2 Å². The first-order chi connectivity index (χ1) is 8.58. The van der Waals surface area contributed by atoms with Crippen molar-refractivity contribution in [3.8, 4) is 6.07 Å². The summed E-state index contributed by atoms with van der Waals surface area (Å²) in [6.07, 6.45) is 1.94. The quantitative estimate of drug-likeness (QED) is 0.738. The number of unbranched alkanes of at least 4 members (excludes halogenated alkanes) is 1. The third kappa shape index (κ3) is 3.67. The van der Waals surface area contributed by atoms with Gasteiger partial charge in [-0.25, -0.2) is 0 Å². The Bertz CT molecular complexity index is 465. The number of benzene rings is 1. The molecule has 1 aromatic carbocycles. The maximum absolute atomic E-state index is 11.1. The number of nitriles is 1. The van der Waals surface area contributed by atoms with Crippen molar-refractivity contribution in [2.75, 3.05) is 23.7 Å². The molecule has 0 fully saturated rings. The number of nitrogens with two attached hydrogens (primary N) is 2. The highest BCUT2D eigenvalue weighted by atomic mass is 16.1. The number of amides is 1. The van der Waals surface area contributed by atoms with E-state index in [2.05, 4.69) is 13.0 Å². The van der Waals surface area contributed by atoms with Gasteiger partial charge in [-0.3, -0.25) is 4.79 Å². The SMILES string of the molecule is CCCCN(CC(N)=O)c1cc(C#N)ccc1N. The molecule has 5 nitrogen and oxygen atoms in total. The minimum absolute atomic E-state index is 0.110. The summed E-state index contributed by atoms with van der Waals surface area (Å²) in [5.41, 5.74) is 12.9. The van der Waals surface area contributed by atoms with E-state index >= 15 is 0 Å². The Kier molecular flexibility index (Phi) is 5.00. The second-order valence-corrected chi connectivity index (χ2v) is 4.13. The van der Waals surface area contributed by atoms with Gasteiger partial charge in [0.25, 0.3) is 0 Å². The van der Waals surface area contributed by atoms with Crippen LogP contribution in [0.2, 0.25) is 0 Å². The van der Waals surface area contributed by atoms with Crippen LogP contribution in [0.1, 0.15) is 25.3 Å². The zero-order chi connectivity index (χ0) is 13.5. The second kappa shape index (κ2) is 6.50. The predicted molar refractivity (Wildman–Crippen MR) is 71.9 cm³/mol. The monoisotopic (exact) mass is 246 g/mol. The van der Waals surface area contributed by atoms with Crippen LogP contribution in [0, 0.1) is 11.3 Å². The van der Waals surface area contributed by atoms with Gasteiger partial charge >= 0.3 is 0 Å². The van der Waals surface area contributed by atoms with Gasteiger partial charge < -0.3 is 16.4 Å². The fraction of sp³-hybridized carbons (Fsp3) is 0.385. The van der Waals surface area contributed by atoms with Gasteiger partial charge in [0.1, 0.15) is 0 Å². The van der Waals surface area contributed by atoms with Crippen LogP contribution < -0.4 is 16.4 Å². The van der Waals surface area contributed by atoms with E-state index in [1.54, 1.807) is 18.2 Å². The molecule has 0 heterocycles. The van der Waals surface area contributed by atoms with Crippen molar-refractivity contribution in [3.05, 3.63) is 23.8 Å². The number of anilines is 2. The van der Waals surface area contributed by atoms with Gasteiger partial charge in [0, 0.05) is 6.54 Å². The number of carbonyl (C=O) groups is 1. The Hall–Kier alpha value is -2.22. The standard InChI is InChI=1S/C13H18N4O/c1-2-3-6-17(9-13(16)18)12-7-10(8-14)4-5-11(12)15/h4-5,7H,2-3,6,9,15H2,1H3,(H2,16,18). The van der Waals surface area contributed by atoms with E-state index in [1.165, 1.54) is 0 Å². The van der Waals surface area contributed by atoms with E-state index in [9.17, 15) is 4.79 Å². The molecule has 1 aromatic rings. The zero-order valence-electron chi connectivity index (χ0n) is 10.5. The van der Waals surface area contributed by atoms with Gasteiger partial charge in [-0.2, -0.15) is 5.26 Å². The summed E-state index contributed by atoms with van der Waals surface area (Å²) >= 11 is 0. The summed E-state index contributed by atoms with van der Waals surface area (Å²) in [6, 6.07) is 7.08. The summed E-state index contributed by atoms with van der Waals surface area (Å²) in [5.74, 6) is -0.409. The number of nitrogens with zero attached hydrogens (tertiary/aromatic N) is 2. The molecule has 0 aliphatic heterocycles. The molecule has 0 aliphatic rings. The first-order valence-corrected chi connectivity index (χ1v) is 5.91. The molecule has 0 aliphatic carbocycles. The van der Waals surface area contributed by atoms with Crippen molar-refractivity contribution in [3.63, 3.8) is 0 Å². The van der Waals surface area contributed by atoms with Gasteiger partial charge in [-0.1, -0.05) is 13.3 Å². The smallest absolute Gasteiger partial charge is 0.236 e. The number of carbonyl (C=O) groups excluding carboxylic acids is 1. The van der Waals surface area contributed by atoms with Crippen LogP contribution >= 0.6 is 0 Å². The summed E-state index contributed by atoms with van der Waals surface area (Å²) in [5, 5.41) is 8.89. The minimum Gasteiger partial charge on any atom is -0.397 e. The van der Waals surface area contributed by atoms with Crippen molar-refractivity contribution >= 4 is 17.3 Å². The molecule has 0 unspecified atom stereocenters. The minimum atomic E-state index is -0.409. The van der Waals surface area contributed by atoms with Crippen LogP contribution in [0.25, 0.3) is 0 Å². The Balaban J connectivity index is 3.03. The van der Waals surface area contributed by atoms with E-state index in [0.29, 0.717) is 23.5 Å². The molecule has 18 heavy (non-hydrogen) atoms. The van der Waals surface area contributed by atoms with Crippen molar-refractivity contribution in [1.29, 1.82) is 5.26 Å². The largest absolute Gasteiger partial charge is 0.397 e. The average molecular weight is 246 g/mol. The van der Waals surface area contributed by atoms with Crippen molar-refractivity contribution < 1.29 is 4.79 Å². The molecule has 5 heteroatoms. The van der Waals surface area contributed by atoms with Gasteiger partial charge in [0.15, 0.2) is 0 Å². The lowest BCUT2D eigenvalue weighted by atomic mass is 10.1. The van der Waals surface area contributed by atoms with Crippen molar-refractivity contribution in [2.45, 2.75) is 19.8 Å². The Morgan fingerprint density at radius 3 is 2.78 bits per heavy atom. The maximum Gasteiger partial charge on any atom is 0.236 e. The highest BCUT2D eigenvalue weighted by Gasteiger charge is 2.12. The molecule has 4 N–H and O–H groups in total. The maximum atomic E-state index is 11.1. The van der Waals surface area contributed by atoms with E-state index in [0.717, 1.165) is 12.8 Å². The summed E-state index contributed by atoms with van der Waals surface area (Å²) in [4.78, 5) is 12.9. The molecule has 0 atom stereocenters. The number of hydrogen-bond donors (Lipinski definition) is 2. The van der Waals surface area contributed by atoms with Gasteiger partial charge in [-0.05, 0) is 24.6 Å². The summed E-state index contributed by atoms with van der Waals surface area (Å²) in [7, 11) is 0. The van der Waals surface area contributed by atoms with Gasteiger partial charge in [0.2, 0.25) is 5.91 Å². The Morgan fingerprint density at radius 2 is 2.22 bits per heavy atom. The lowest BCUT2D eigenvalue weighted by Crippen LogP contribution is -2.35. The molecular formula is C13H18N4O. The molecule has 1 amide bonds. The topological polar surface area (TPSA) is 96.1 Å². The number of nitrogen functional groups attached to an aromatic ring is 1. The number of primary amides is 1. The molecule has 0 saturated heterocycles. The van der Waals surface area contributed by atoms with Crippen LogP contribution in [0.5, 0.6) is 0 Å². The van der Waals surface area contributed by atoms with E-state index < -0.39 is 5.91 Å². The molecule has 0 radical (unpaired) electrons. The highest BCUT2D eigenvalue weighted by Crippen LogP contribution is 2.24. The van der Waals surface area contributed by atoms with Crippen LogP contribution in [-0.2, 0) is 4.79 Å². The van der Waals surface area contributed by atoms with Crippen molar-refractivity contribution in [1.82, 2.24) is 0 Å². The third-order valence-corrected chi connectivity index (χ3v) is 2.63. The summed E-state index contributed by atoms with van der Waals surface area (Å²) in [6.45, 7) is 2.87. The van der Waals surface area contributed by atoms with Gasteiger partial charge in [0.05, 0.1) is 29.6 Å². The number of rotatable bonds is 6. The number of hydrogen-bond acceptors (Lipinski definition) is 4. The lowest BCUT2D eigenvalue weighted by Gasteiger charge is -2.24. The Labute approximate surface area is 107 Å². The van der Waals surface area contributed by atoms with Crippen molar-refractivity contribution in [2.24, 2.45) is 5.73 Å². The summed E-state index contributed by atoms with van der Waals surface area (Å²) < 4.78 is 0. The van der Waals surface area contributed by atoms with E-state index in [1.807, 2.05) is 4.90 Å². The molecule has 96 valence electrons. The predicted octanol–water partition coefficient (Wildman–Crippen LogP) is 1.23. The first-order valence-electron chi connectivity index (χ1n) is 5.91. The fourth-order valence-electron chi connectivity index (χ4n) is 1.71. The average Bonchev–Trinajstić information content (AvgIpc) is 2.35. The van der Waals surface area contributed by atoms with E-state index in [4.69, 9.17) is 16.7 Å². The molecule has 1 rings (SSSR count). The first kappa shape index (κ1) is 13.8. The lowest BCUT2D eigenvalue weighted by molar-refractivity contribution is -0.116. The molecule has 0 saturated carbocycles. The normalized spacial score (nSPS) is 9.78. The fourth-order valence-corrected chi connectivity index (χ4v) is 1.71. The van der Waals surface area contributed by atoms with Crippen LogP contribution in [0.4, 0.5) is 11.4 Å². The highest BCUT2D eigenvalue weighted by molar-refractivity contribution is 5.82. The zero-order valence-corrected chi connectivity index (χ0v) is 10.5. The second-order valence-electron chi connectivity index (χ2n) is 4.13. The van der Waals surface area contributed by atoms with Crippen LogP contribution in [0.3, 0.4) is 0 Å². The molecule has 0 spiro atoms. The van der Waals surface area contributed by atoms with E-state index in [-0.39, 0.29) is 6.54 Å².